The van der Waals surface area contributed by atoms with Gasteiger partial charge in [-0.15, -0.1) is 0 Å². The Morgan fingerprint density at radius 3 is 2.68 bits per heavy atom. The van der Waals surface area contributed by atoms with Crippen molar-refractivity contribution >= 4 is 23.7 Å². The quantitative estimate of drug-likeness (QED) is 0.633. The third-order valence-corrected chi connectivity index (χ3v) is 3.39. The molecule has 132 valence electrons. The molecule has 1 amide bonds. The van der Waals surface area contributed by atoms with Gasteiger partial charge >= 0.3 is 6.18 Å². The Labute approximate surface area is 145 Å². The van der Waals surface area contributed by atoms with Crippen molar-refractivity contribution in [3.8, 4) is 11.5 Å². The standard InChI is InChI=1S/C16H12ClF3N2O3/c1-25-13-6-9(5-12(17)14(13)23)8-21-22-15(24)10-3-2-4-11(7-10)16(18,19)20/h2-8,23H,1H3,(H,22,24)/b21-8-. The van der Waals surface area contributed by atoms with E-state index in [0.29, 0.717) is 5.56 Å². The van der Waals surface area contributed by atoms with Crippen LogP contribution in [0.3, 0.4) is 0 Å². The molecule has 0 spiro atoms. The number of aromatic hydroxyl groups is 1. The Kier molecular flexibility index (Phi) is 5.53. The molecule has 25 heavy (non-hydrogen) atoms. The summed E-state index contributed by atoms with van der Waals surface area (Å²) in [6.07, 6.45) is -3.34. The second kappa shape index (κ2) is 7.43. The molecular weight excluding hydrogens is 361 g/mol. The van der Waals surface area contributed by atoms with Crippen LogP contribution in [-0.4, -0.2) is 24.3 Å². The predicted molar refractivity (Wildman–Crippen MR) is 86.2 cm³/mol. The van der Waals surface area contributed by atoms with E-state index < -0.39 is 17.6 Å². The summed E-state index contributed by atoms with van der Waals surface area (Å²) >= 11 is 5.81. The number of carbonyl (C=O) groups excluding carboxylic acids is 1. The predicted octanol–water partition coefficient (Wildman–Crippen LogP) is 3.84. The van der Waals surface area contributed by atoms with E-state index in [4.69, 9.17) is 16.3 Å². The molecule has 9 heteroatoms. The summed E-state index contributed by atoms with van der Waals surface area (Å²) in [4.78, 5) is 11.9. The maximum atomic E-state index is 12.6. The van der Waals surface area contributed by atoms with Crippen molar-refractivity contribution in [2.45, 2.75) is 6.18 Å². The van der Waals surface area contributed by atoms with Crippen LogP contribution in [0.15, 0.2) is 41.5 Å². The number of hydrogen-bond donors (Lipinski definition) is 2. The fourth-order valence-corrected chi connectivity index (χ4v) is 2.11. The molecule has 2 rings (SSSR count). The van der Waals surface area contributed by atoms with Crippen LogP contribution < -0.4 is 10.2 Å². The van der Waals surface area contributed by atoms with Crippen LogP contribution in [0.25, 0.3) is 0 Å². The van der Waals surface area contributed by atoms with Crippen LogP contribution in [0.2, 0.25) is 5.02 Å². The summed E-state index contributed by atoms with van der Waals surface area (Å²) < 4.78 is 42.8. The van der Waals surface area contributed by atoms with Gasteiger partial charge in [-0.05, 0) is 35.9 Å². The summed E-state index contributed by atoms with van der Waals surface area (Å²) in [5.74, 6) is -0.938. The normalized spacial score (nSPS) is 11.6. The summed E-state index contributed by atoms with van der Waals surface area (Å²) in [5, 5.41) is 13.3. The fraction of sp³-hybridized carbons (Fsp3) is 0.125. The molecule has 0 saturated heterocycles. The first kappa shape index (κ1) is 18.6. The van der Waals surface area contributed by atoms with E-state index in [0.717, 1.165) is 18.2 Å². The molecular formula is C16H12ClF3N2O3. The molecule has 0 bridgehead atoms. The molecule has 2 N–H and O–H groups in total. The van der Waals surface area contributed by atoms with E-state index in [1.54, 1.807) is 0 Å². The number of rotatable bonds is 4. The Balaban J connectivity index is 2.12. The zero-order valence-corrected chi connectivity index (χ0v) is 13.5. The number of nitrogens with zero attached hydrogens (tertiary/aromatic N) is 1. The molecule has 0 unspecified atom stereocenters. The van der Waals surface area contributed by atoms with Crippen molar-refractivity contribution in [3.05, 3.63) is 58.1 Å². The van der Waals surface area contributed by atoms with Crippen molar-refractivity contribution in [2.24, 2.45) is 5.10 Å². The van der Waals surface area contributed by atoms with Gasteiger partial charge < -0.3 is 9.84 Å². The topological polar surface area (TPSA) is 70.9 Å². The summed E-state index contributed by atoms with van der Waals surface area (Å²) in [6, 6.07) is 6.75. The van der Waals surface area contributed by atoms with Gasteiger partial charge in [-0.1, -0.05) is 17.7 Å². The average Bonchev–Trinajstić information content (AvgIpc) is 2.57. The smallest absolute Gasteiger partial charge is 0.416 e. The van der Waals surface area contributed by atoms with E-state index in [-0.39, 0.29) is 22.1 Å². The molecule has 0 aliphatic heterocycles. The number of methoxy groups -OCH3 is 1. The average molecular weight is 373 g/mol. The van der Waals surface area contributed by atoms with Gasteiger partial charge in [0.05, 0.1) is 23.9 Å². The maximum Gasteiger partial charge on any atom is 0.416 e. The largest absolute Gasteiger partial charge is 0.503 e. The van der Waals surface area contributed by atoms with Crippen LogP contribution >= 0.6 is 11.6 Å². The number of alkyl halides is 3. The molecule has 2 aromatic rings. The Bertz CT molecular complexity index is 823. The second-order valence-corrected chi connectivity index (χ2v) is 5.24. The molecule has 0 saturated carbocycles. The van der Waals surface area contributed by atoms with E-state index in [1.807, 2.05) is 0 Å². The molecule has 2 aromatic carbocycles. The van der Waals surface area contributed by atoms with Crippen LogP contribution in [0.4, 0.5) is 13.2 Å². The Morgan fingerprint density at radius 2 is 2.04 bits per heavy atom. The highest BCUT2D eigenvalue weighted by Gasteiger charge is 2.30. The number of benzene rings is 2. The Hall–Kier alpha value is -2.74. The molecule has 0 aliphatic carbocycles. The van der Waals surface area contributed by atoms with Gasteiger partial charge in [0.2, 0.25) is 0 Å². The number of nitrogens with one attached hydrogen (secondary N) is 1. The summed E-state index contributed by atoms with van der Waals surface area (Å²) in [6.45, 7) is 0. The number of amides is 1. The van der Waals surface area contributed by atoms with E-state index in [2.05, 4.69) is 10.5 Å². The fourth-order valence-electron chi connectivity index (χ4n) is 1.89. The highest BCUT2D eigenvalue weighted by molar-refractivity contribution is 6.32. The van der Waals surface area contributed by atoms with Crippen molar-refractivity contribution in [1.29, 1.82) is 0 Å². The molecule has 0 atom stereocenters. The van der Waals surface area contributed by atoms with E-state index in [1.165, 1.54) is 31.5 Å². The highest BCUT2D eigenvalue weighted by Crippen LogP contribution is 2.34. The van der Waals surface area contributed by atoms with Crippen LogP contribution in [0, 0.1) is 0 Å². The zero-order chi connectivity index (χ0) is 18.6. The van der Waals surface area contributed by atoms with Gasteiger partial charge in [-0.2, -0.15) is 18.3 Å². The number of ether oxygens (including phenoxy) is 1. The Morgan fingerprint density at radius 1 is 1.32 bits per heavy atom. The number of hydrazone groups is 1. The molecule has 0 heterocycles. The van der Waals surface area contributed by atoms with Crippen LogP contribution in [0.5, 0.6) is 11.5 Å². The van der Waals surface area contributed by atoms with Crippen LogP contribution in [-0.2, 0) is 6.18 Å². The van der Waals surface area contributed by atoms with E-state index in [9.17, 15) is 23.1 Å². The van der Waals surface area contributed by atoms with Gasteiger partial charge in [-0.25, -0.2) is 5.43 Å². The van der Waals surface area contributed by atoms with Crippen LogP contribution in [0.1, 0.15) is 21.5 Å². The molecule has 0 fully saturated rings. The zero-order valence-electron chi connectivity index (χ0n) is 12.8. The summed E-state index contributed by atoms with van der Waals surface area (Å²) in [7, 11) is 1.34. The lowest BCUT2D eigenvalue weighted by Gasteiger charge is -2.08. The second-order valence-electron chi connectivity index (χ2n) is 4.83. The van der Waals surface area contributed by atoms with Crippen molar-refractivity contribution < 1.29 is 27.8 Å². The monoisotopic (exact) mass is 372 g/mol. The molecule has 0 radical (unpaired) electrons. The van der Waals surface area contributed by atoms with Gasteiger partial charge in [0, 0.05) is 5.56 Å². The number of halogens is 4. The van der Waals surface area contributed by atoms with Crippen molar-refractivity contribution in [1.82, 2.24) is 5.43 Å². The first-order valence-electron chi connectivity index (χ1n) is 6.79. The lowest BCUT2D eigenvalue weighted by molar-refractivity contribution is -0.137. The first-order chi connectivity index (χ1) is 11.7. The third-order valence-electron chi connectivity index (χ3n) is 3.10. The maximum absolute atomic E-state index is 12.6. The minimum atomic E-state index is -4.54. The lowest BCUT2D eigenvalue weighted by atomic mass is 10.1. The van der Waals surface area contributed by atoms with Crippen molar-refractivity contribution in [3.63, 3.8) is 0 Å². The van der Waals surface area contributed by atoms with Gasteiger partial charge in [-0.3, -0.25) is 4.79 Å². The molecule has 5 nitrogen and oxygen atoms in total. The first-order valence-corrected chi connectivity index (χ1v) is 7.17. The van der Waals surface area contributed by atoms with E-state index >= 15 is 0 Å². The minimum Gasteiger partial charge on any atom is -0.503 e. The SMILES string of the molecule is COc1cc(/C=N\NC(=O)c2cccc(C(F)(F)F)c2)cc(Cl)c1O. The number of phenols is 1. The van der Waals surface area contributed by atoms with Crippen molar-refractivity contribution in [2.75, 3.05) is 7.11 Å². The van der Waals surface area contributed by atoms with Gasteiger partial charge in [0.1, 0.15) is 0 Å². The number of carbonyl (C=O) groups is 1. The number of phenolic OH excluding ortho intramolecular Hbond substituents is 1. The highest BCUT2D eigenvalue weighted by atomic mass is 35.5. The lowest BCUT2D eigenvalue weighted by Crippen LogP contribution is -2.18. The molecule has 0 aromatic heterocycles. The van der Waals surface area contributed by atoms with Gasteiger partial charge in [0.25, 0.3) is 5.91 Å². The molecule has 0 aliphatic rings. The summed E-state index contributed by atoms with van der Waals surface area (Å²) in [5.41, 5.74) is 1.40. The third kappa shape index (κ3) is 4.63. The number of hydrogen-bond acceptors (Lipinski definition) is 4. The van der Waals surface area contributed by atoms with Gasteiger partial charge in [0.15, 0.2) is 11.5 Å². The minimum absolute atomic E-state index is 0.0185.